The summed E-state index contributed by atoms with van der Waals surface area (Å²) in [5, 5.41) is 18.6. The van der Waals surface area contributed by atoms with Crippen molar-refractivity contribution in [2.24, 2.45) is 0 Å². The molecule has 0 aliphatic carbocycles. The van der Waals surface area contributed by atoms with Gasteiger partial charge in [-0.25, -0.2) is 0 Å². The summed E-state index contributed by atoms with van der Waals surface area (Å²) in [7, 11) is 0. The van der Waals surface area contributed by atoms with Crippen LogP contribution in [-0.4, -0.2) is 28.2 Å². The minimum Gasteiger partial charge on any atom is -0.390 e. The maximum atomic E-state index is 11.6. The molecule has 0 fully saturated rings. The summed E-state index contributed by atoms with van der Waals surface area (Å²) in [5.74, 6) is -0.220. The topological polar surface area (TPSA) is 57.5 Å². The van der Waals surface area contributed by atoms with Crippen LogP contribution in [0.25, 0.3) is 0 Å². The van der Waals surface area contributed by atoms with E-state index in [4.69, 9.17) is 0 Å². The van der Waals surface area contributed by atoms with Gasteiger partial charge in [0.2, 0.25) is 0 Å². The molecule has 0 saturated carbocycles. The third kappa shape index (κ3) is 18.9. The summed E-state index contributed by atoms with van der Waals surface area (Å²) in [5.41, 5.74) is 0. The van der Waals surface area contributed by atoms with Gasteiger partial charge in [0.1, 0.15) is 6.10 Å². The summed E-state index contributed by atoms with van der Waals surface area (Å²) >= 11 is 0. The Kier molecular flexibility index (Phi) is 21.0. The van der Waals surface area contributed by atoms with Crippen molar-refractivity contribution in [1.29, 1.82) is 0 Å². The number of carbonyl (C=O) groups is 1. The monoisotopic (exact) mass is 398 g/mol. The largest absolute Gasteiger partial charge is 0.390 e. The lowest BCUT2D eigenvalue weighted by Gasteiger charge is -2.11. The van der Waals surface area contributed by atoms with E-state index in [0.717, 1.165) is 12.8 Å². The number of rotatable bonds is 22. The zero-order chi connectivity index (χ0) is 20.9. The fraction of sp³-hybridized carbons (Fsp3) is 0.960. The minimum absolute atomic E-state index is 0.220. The zero-order valence-electron chi connectivity index (χ0n) is 19.1. The molecule has 3 nitrogen and oxygen atoms in total. The second kappa shape index (κ2) is 21.3. The molecule has 0 amide bonds. The molecule has 3 heteroatoms. The lowest BCUT2D eigenvalue weighted by Crippen LogP contribution is -2.31. The maximum Gasteiger partial charge on any atom is 0.163 e. The third-order valence-corrected chi connectivity index (χ3v) is 5.81. The normalized spacial score (nSPS) is 13.6. The van der Waals surface area contributed by atoms with Gasteiger partial charge in [0.15, 0.2) is 5.78 Å². The highest BCUT2D eigenvalue weighted by atomic mass is 16.3. The van der Waals surface area contributed by atoms with Crippen molar-refractivity contribution in [2.75, 3.05) is 0 Å². The molecular formula is C25H50O3. The standard InChI is InChI=1S/C25H50O3/c1-3-4-5-6-7-8-9-10-11-12-13-14-15-16-17-18-19-20-21-22-24(27)25(28)23(2)26/h23,25-26,28H,3-22H2,1-2H3. The molecule has 0 aliphatic heterocycles. The number of carbonyl (C=O) groups excluding carboxylic acids is 1. The number of hydrogen-bond donors (Lipinski definition) is 2. The van der Waals surface area contributed by atoms with Crippen LogP contribution in [0.4, 0.5) is 0 Å². The molecular weight excluding hydrogens is 348 g/mol. The van der Waals surface area contributed by atoms with Gasteiger partial charge >= 0.3 is 0 Å². The van der Waals surface area contributed by atoms with Crippen molar-refractivity contribution in [1.82, 2.24) is 0 Å². The van der Waals surface area contributed by atoms with Crippen LogP contribution in [0.15, 0.2) is 0 Å². The summed E-state index contributed by atoms with van der Waals surface area (Å²) in [4.78, 5) is 11.6. The lowest BCUT2D eigenvalue weighted by atomic mass is 10.0. The molecule has 0 bridgehead atoms. The average Bonchev–Trinajstić information content (AvgIpc) is 2.68. The summed E-state index contributed by atoms with van der Waals surface area (Å²) in [6, 6.07) is 0. The van der Waals surface area contributed by atoms with Crippen molar-refractivity contribution < 1.29 is 15.0 Å². The molecule has 0 spiro atoms. The van der Waals surface area contributed by atoms with Crippen LogP contribution >= 0.6 is 0 Å². The maximum absolute atomic E-state index is 11.6. The predicted octanol–water partition coefficient (Wildman–Crippen LogP) is 7.12. The molecule has 0 aromatic rings. The molecule has 168 valence electrons. The highest BCUT2D eigenvalue weighted by Crippen LogP contribution is 2.15. The van der Waals surface area contributed by atoms with Crippen molar-refractivity contribution in [3.63, 3.8) is 0 Å². The van der Waals surface area contributed by atoms with E-state index in [1.165, 1.54) is 116 Å². The number of ketones is 1. The van der Waals surface area contributed by atoms with Crippen molar-refractivity contribution in [3.8, 4) is 0 Å². The number of Topliss-reactive ketones (excluding diaryl/α,β-unsaturated/α-hetero) is 1. The molecule has 0 saturated heterocycles. The Morgan fingerprint density at radius 3 is 1.14 bits per heavy atom. The van der Waals surface area contributed by atoms with Crippen LogP contribution in [0.1, 0.15) is 142 Å². The van der Waals surface area contributed by atoms with Crippen LogP contribution in [0.2, 0.25) is 0 Å². The molecule has 2 unspecified atom stereocenters. The Morgan fingerprint density at radius 2 is 0.857 bits per heavy atom. The van der Waals surface area contributed by atoms with E-state index in [0.29, 0.717) is 6.42 Å². The van der Waals surface area contributed by atoms with Crippen LogP contribution in [0.5, 0.6) is 0 Å². The van der Waals surface area contributed by atoms with E-state index in [-0.39, 0.29) is 5.78 Å². The Hall–Kier alpha value is -0.410. The summed E-state index contributed by atoms with van der Waals surface area (Å²) < 4.78 is 0. The second-order valence-corrected chi connectivity index (χ2v) is 8.77. The van der Waals surface area contributed by atoms with Gasteiger partial charge in [0.25, 0.3) is 0 Å². The predicted molar refractivity (Wildman–Crippen MR) is 121 cm³/mol. The quantitative estimate of drug-likeness (QED) is 0.191. The van der Waals surface area contributed by atoms with Crippen LogP contribution in [0.3, 0.4) is 0 Å². The summed E-state index contributed by atoms with van der Waals surface area (Å²) in [6.07, 6.45) is 23.6. The SMILES string of the molecule is CCCCCCCCCCCCCCCCCCCCCC(=O)C(O)C(C)O. The van der Waals surface area contributed by atoms with Gasteiger partial charge in [-0.05, 0) is 13.3 Å². The molecule has 0 heterocycles. The van der Waals surface area contributed by atoms with Crippen molar-refractivity contribution >= 4 is 5.78 Å². The van der Waals surface area contributed by atoms with Crippen molar-refractivity contribution in [3.05, 3.63) is 0 Å². The number of aliphatic hydroxyl groups excluding tert-OH is 2. The Balaban J connectivity index is 3.13. The summed E-state index contributed by atoms with van der Waals surface area (Å²) in [6.45, 7) is 3.74. The highest BCUT2D eigenvalue weighted by Gasteiger charge is 2.19. The van der Waals surface area contributed by atoms with Gasteiger partial charge < -0.3 is 10.2 Å². The Bertz CT molecular complexity index is 328. The van der Waals surface area contributed by atoms with Crippen LogP contribution < -0.4 is 0 Å². The Morgan fingerprint density at radius 1 is 0.571 bits per heavy atom. The lowest BCUT2D eigenvalue weighted by molar-refractivity contribution is -0.132. The van der Waals surface area contributed by atoms with E-state index < -0.39 is 12.2 Å². The molecule has 0 rings (SSSR count). The smallest absolute Gasteiger partial charge is 0.163 e. The van der Waals surface area contributed by atoms with Crippen LogP contribution in [-0.2, 0) is 4.79 Å². The molecule has 2 atom stereocenters. The first-order chi connectivity index (χ1) is 13.6. The number of hydrogen-bond acceptors (Lipinski definition) is 3. The number of aliphatic hydroxyl groups is 2. The molecule has 2 N–H and O–H groups in total. The molecule has 0 radical (unpaired) electrons. The molecule has 28 heavy (non-hydrogen) atoms. The van der Waals surface area contributed by atoms with Gasteiger partial charge in [-0.1, -0.05) is 122 Å². The first-order valence-corrected chi connectivity index (χ1v) is 12.5. The second-order valence-electron chi connectivity index (χ2n) is 8.77. The highest BCUT2D eigenvalue weighted by molar-refractivity contribution is 5.83. The first kappa shape index (κ1) is 27.6. The molecule has 0 aromatic carbocycles. The van der Waals surface area contributed by atoms with E-state index in [1.807, 2.05) is 0 Å². The minimum atomic E-state index is -1.20. The zero-order valence-corrected chi connectivity index (χ0v) is 19.1. The molecule has 0 aromatic heterocycles. The number of unbranched alkanes of at least 4 members (excludes halogenated alkanes) is 18. The van der Waals surface area contributed by atoms with Gasteiger partial charge in [-0.2, -0.15) is 0 Å². The van der Waals surface area contributed by atoms with Gasteiger partial charge in [-0.15, -0.1) is 0 Å². The fourth-order valence-corrected chi connectivity index (χ4v) is 3.79. The average molecular weight is 399 g/mol. The van der Waals surface area contributed by atoms with Gasteiger partial charge in [0.05, 0.1) is 6.10 Å². The Labute approximate surface area is 175 Å². The van der Waals surface area contributed by atoms with Crippen molar-refractivity contribution in [2.45, 2.75) is 154 Å². The molecule has 0 aliphatic rings. The van der Waals surface area contributed by atoms with Gasteiger partial charge in [0, 0.05) is 6.42 Å². The van der Waals surface area contributed by atoms with Gasteiger partial charge in [-0.3, -0.25) is 4.79 Å². The van der Waals surface area contributed by atoms with E-state index >= 15 is 0 Å². The van der Waals surface area contributed by atoms with E-state index in [1.54, 1.807) is 0 Å². The fourth-order valence-electron chi connectivity index (χ4n) is 3.79. The van der Waals surface area contributed by atoms with E-state index in [9.17, 15) is 15.0 Å². The third-order valence-electron chi connectivity index (χ3n) is 5.81. The van der Waals surface area contributed by atoms with E-state index in [2.05, 4.69) is 6.92 Å². The van der Waals surface area contributed by atoms with Crippen LogP contribution in [0, 0.1) is 0 Å². The first-order valence-electron chi connectivity index (χ1n) is 12.5.